The quantitative estimate of drug-likeness (QED) is 0.672. The van der Waals surface area contributed by atoms with Crippen LogP contribution in [0.1, 0.15) is 29.6 Å². The molecule has 1 saturated heterocycles. The van der Waals surface area contributed by atoms with Crippen LogP contribution >= 0.6 is 0 Å². The number of pyridine rings is 1. The maximum Gasteiger partial charge on any atom is 0.256 e. The highest BCUT2D eigenvalue weighted by atomic mass is 32.2. The van der Waals surface area contributed by atoms with Crippen LogP contribution in [0.3, 0.4) is 0 Å². The number of hydrogen-bond acceptors (Lipinski definition) is 4. The van der Waals surface area contributed by atoms with Crippen LogP contribution in [0.2, 0.25) is 0 Å². The molecular weight excluding hydrogens is 379 g/mol. The van der Waals surface area contributed by atoms with Gasteiger partial charge in [0.15, 0.2) is 0 Å². The van der Waals surface area contributed by atoms with Crippen LogP contribution in [-0.2, 0) is 9.84 Å². The van der Waals surface area contributed by atoms with Crippen molar-refractivity contribution in [1.29, 1.82) is 0 Å². The van der Waals surface area contributed by atoms with Crippen molar-refractivity contribution in [2.75, 3.05) is 13.1 Å². The summed E-state index contributed by atoms with van der Waals surface area (Å²) in [5.74, 6) is -1.00. The van der Waals surface area contributed by atoms with E-state index in [4.69, 9.17) is 0 Å². The maximum atomic E-state index is 13.7. The first kappa shape index (κ1) is 18.6. The van der Waals surface area contributed by atoms with Crippen LogP contribution in [0.5, 0.6) is 0 Å². The lowest BCUT2D eigenvalue weighted by molar-refractivity contribution is 0.0720. The van der Waals surface area contributed by atoms with E-state index in [-0.39, 0.29) is 21.3 Å². The van der Waals surface area contributed by atoms with E-state index in [0.29, 0.717) is 24.0 Å². The number of benzene rings is 2. The van der Waals surface area contributed by atoms with E-state index >= 15 is 0 Å². The largest absolute Gasteiger partial charge is 0.339 e. The zero-order chi connectivity index (χ0) is 19.7. The highest BCUT2D eigenvalue weighted by Crippen LogP contribution is 2.32. The number of nitrogens with zero attached hydrogens (tertiary/aromatic N) is 2. The molecule has 1 aliphatic rings. The van der Waals surface area contributed by atoms with Gasteiger partial charge >= 0.3 is 0 Å². The number of carbonyl (C=O) groups is 1. The lowest BCUT2D eigenvalue weighted by Crippen LogP contribution is -2.36. The first-order chi connectivity index (χ1) is 13.5. The van der Waals surface area contributed by atoms with Crippen LogP contribution in [0.25, 0.3) is 10.9 Å². The van der Waals surface area contributed by atoms with Gasteiger partial charge in [0.25, 0.3) is 5.91 Å². The molecule has 1 amide bonds. The molecule has 0 aliphatic carbocycles. The third kappa shape index (κ3) is 3.26. The minimum Gasteiger partial charge on any atom is -0.339 e. The van der Waals surface area contributed by atoms with Crippen molar-refractivity contribution in [2.45, 2.75) is 29.1 Å². The number of halogens is 1. The predicted molar refractivity (Wildman–Crippen MR) is 103 cm³/mol. The summed E-state index contributed by atoms with van der Waals surface area (Å²) in [6.45, 7) is 1.18. The van der Waals surface area contributed by atoms with Crippen LogP contribution < -0.4 is 0 Å². The van der Waals surface area contributed by atoms with E-state index in [1.54, 1.807) is 29.2 Å². The van der Waals surface area contributed by atoms with Gasteiger partial charge in [-0.25, -0.2) is 12.8 Å². The topological polar surface area (TPSA) is 67.3 Å². The van der Waals surface area contributed by atoms with Gasteiger partial charge in [0.2, 0.25) is 9.84 Å². The summed E-state index contributed by atoms with van der Waals surface area (Å²) in [4.78, 5) is 18.8. The third-order valence-electron chi connectivity index (χ3n) is 4.97. The fourth-order valence-electron chi connectivity index (χ4n) is 3.58. The number of sulfone groups is 1. The fourth-order valence-corrected chi connectivity index (χ4v) is 5.23. The van der Waals surface area contributed by atoms with E-state index < -0.39 is 15.7 Å². The molecule has 1 aromatic heterocycles. The van der Waals surface area contributed by atoms with Gasteiger partial charge in [-0.15, -0.1) is 0 Å². The smallest absolute Gasteiger partial charge is 0.256 e. The molecule has 28 heavy (non-hydrogen) atoms. The van der Waals surface area contributed by atoms with Crippen molar-refractivity contribution in [3.63, 3.8) is 0 Å². The predicted octanol–water partition coefficient (Wildman–Crippen LogP) is 3.83. The number of para-hydroxylation sites is 1. The van der Waals surface area contributed by atoms with Crippen LogP contribution in [0.4, 0.5) is 4.39 Å². The second kappa shape index (κ2) is 7.31. The molecule has 0 spiro atoms. The summed E-state index contributed by atoms with van der Waals surface area (Å²) in [6, 6.07) is 11.6. The molecule has 1 aliphatic heterocycles. The van der Waals surface area contributed by atoms with Gasteiger partial charge in [-0.2, -0.15) is 0 Å². The number of carbonyl (C=O) groups excluding carboxylic acids is 1. The van der Waals surface area contributed by atoms with E-state index in [0.717, 1.165) is 25.3 Å². The molecule has 5 nitrogen and oxygen atoms in total. The Kier molecular flexibility index (Phi) is 4.85. The molecule has 4 rings (SSSR count). The minimum absolute atomic E-state index is 0.0323. The monoisotopic (exact) mass is 398 g/mol. The average molecular weight is 398 g/mol. The van der Waals surface area contributed by atoms with Crippen molar-refractivity contribution in [1.82, 2.24) is 9.88 Å². The normalized spacial score (nSPS) is 15.0. The lowest BCUT2D eigenvalue weighted by Gasteiger charge is -2.27. The van der Waals surface area contributed by atoms with Gasteiger partial charge in [0.1, 0.15) is 5.82 Å². The van der Waals surface area contributed by atoms with Crippen LogP contribution in [-0.4, -0.2) is 37.3 Å². The Morgan fingerprint density at radius 3 is 2.50 bits per heavy atom. The molecule has 144 valence electrons. The molecule has 2 heterocycles. The first-order valence-corrected chi connectivity index (χ1v) is 10.6. The van der Waals surface area contributed by atoms with Crippen molar-refractivity contribution in [2.24, 2.45) is 0 Å². The van der Waals surface area contributed by atoms with Gasteiger partial charge in [0, 0.05) is 24.7 Å². The molecule has 2 aromatic carbocycles. The fraction of sp³-hybridized carbons (Fsp3) is 0.238. The van der Waals surface area contributed by atoms with Crippen molar-refractivity contribution < 1.29 is 17.6 Å². The highest BCUT2D eigenvalue weighted by molar-refractivity contribution is 7.91. The van der Waals surface area contributed by atoms with Crippen molar-refractivity contribution in [3.05, 3.63) is 66.1 Å². The number of likely N-dealkylation sites (tertiary alicyclic amines) is 1. The molecule has 7 heteroatoms. The van der Waals surface area contributed by atoms with E-state index in [9.17, 15) is 17.6 Å². The number of fused-ring (bicyclic) bond motifs is 1. The summed E-state index contributed by atoms with van der Waals surface area (Å²) in [7, 11) is -4.13. The second-order valence-electron chi connectivity index (χ2n) is 6.83. The Labute approximate surface area is 162 Å². The van der Waals surface area contributed by atoms with E-state index in [1.807, 2.05) is 0 Å². The Hall–Kier alpha value is -2.80. The van der Waals surface area contributed by atoms with Crippen LogP contribution in [0, 0.1) is 5.82 Å². The number of hydrogen-bond donors (Lipinski definition) is 0. The van der Waals surface area contributed by atoms with Crippen LogP contribution in [0.15, 0.2) is 64.5 Å². The standard InChI is InChI=1S/C21H19FN2O3S/c22-15-7-6-8-16(13-15)28(26,27)20-17-9-2-3-10-19(17)23-14-18(20)21(25)24-11-4-1-5-12-24/h2-3,6-10,13-14H,1,4-5,11-12H2. The van der Waals surface area contributed by atoms with Gasteiger partial charge in [-0.3, -0.25) is 9.78 Å². The SMILES string of the molecule is O=C(c1cnc2ccccc2c1S(=O)(=O)c1cccc(F)c1)N1CCCCC1. The van der Waals surface area contributed by atoms with Crippen molar-refractivity contribution >= 4 is 26.6 Å². The summed E-state index contributed by atoms with van der Waals surface area (Å²) >= 11 is 0. The first-order valence-electron chi connectivity index (χ1n) is 9.16. The molecular formula is C21H19FN2O3S. The maximum absolute atomic E-state index is 13.7. The summed E-state index contributed by atoms with van der Waals surface area (Å²) in [5.41, 5.74) is 0.498. The number of rotatable bonds is 3. The number of aromatic nitrogens is 1. The summed E-state index contributed by atoms with van der Waals surface area (Å²) in [5, 5.41) is 0.356. The molecule has 3 aromatic rings. The van der Waals surface area contributed by atoms with E-state index in [2.05, 4.69) is 4.98 Å². The summed E-state index contributed by atoms with van der Waals surface area (Å²) in [6.07, 6.45) is 4.15. The Morgan fingerprint density at radius 2 is 1.75 bits per heavy atom. The Morgan fingerprint density at radius 1 is 1.00 bits per heavy atom. The van der Waals surface area contributed by atoms with Gasteiger partial charge in [-0.05, 0) is 43.5 Å². The highest BCUT2D eigenvalue weighted by Gasteiger charge is 2.30. The Bertz CT molecular complexity index is 1160. The van der Waals surface area contributed by atoms with Crippen molar-refractivity contribution in [3.8, 4) is 0 Å². The number of piperidine rings is 1. The molecule has 1 fully saturated rings. The zero-order valence-electron chi connectivity index (χ0n) is 15.1. The van der Waals surface area contributed by atoms with Gasteiger partial charge in [-0.1, -0.05) is 24.3 Å². The lowest BCUT2D eigenvalue weighted by atomic mass is 10.1. The van der Waals surface area contributed by atoms with E-state index in [1.165, 1.54) is 24.4 Å². The minimum atomic E-state index is -4.13. The molecule has 0 bridgehead atoms. The molecule has 0 N–H and O–H groups in total. The average Bonchev–Trinajstić information content (AvgIpc) is 2.73. The number of amides is 1. The molecule has 0 saturated carbocycles. The Balaban J connectivity index is 1.96. The second-order valence-corrected chi connectivity index (χ2v) is 8.72. The van der Waals surface area contributed by atoms with Gasteiger partial charge in [0.05, 0.1) is 20.9 Å². The molecule has 0 radical (unpaired) electrons. The van der Waals surface area contributed by atoms with Gasteiger partial charge < -0.3 is 4.90 Å². The third-order valence-corrected chi connectivity index (χ3v) is 6.83. The summed E-state index contributed by atoms with van der Waals surface area (Å²) < 4.78 is 40.6. The zero-order valence-corrected chi connectivity index (χ0v) is 16.0. The molecule has 0 atom stereocenters. The molecule has 0 unspecified atom stereocenters.